The maximum Gasteiger partial charge on any atom is 0.152 e. The van der Waals surface area contributed by atoms with E-state index in [9.17, 15) is 4.79 Å². The fraction of sp³-hybridized carbons (Fsp3) is 0.188. The maximum atomic E-state index is 11.2. The lowest BCUT2D eigenvalue weighted by atomic mass is 10.1. The van der Waals surface area contributed by atoms with E-state index in [1.165, 1.54) is 11.1 Å². The lowest BCUT2D eigenvalue weighted by Crippen LogP contribution is -2.18. The number of anilines is 1. The Kier molecular flexibility index (Phi) is 4.38. The van der Waals surface area contributed by atoms with Gasteiger partial charge in [-0.05, 0) is 36.2 Å². The van der Waals surface area contributed by atoms with Crippen LogP contribution in [-0.2, 0) is 6.54 Å². The van der Waals surface area contributed by atoms with Crippen molar-refractivity contribution in [2.75, 3.05) is 11.9 Å². The summed E-state index contributed by atoms with van der Waals surface area (Å²) in [5.41, 5.74) is 4.18. The van der Waals surface area contributed by atoms with E-state index < -0.39 is 0 Å². The molecule has 0 unspecified atom stereocenters. The lowest BCUT2D eigenvalue weighted by molar-refractivity contribution is 0.112. The first-order valence-electron chi connectivity index (χ1n) is 6.12. The van der Waals surface area contributed by atoms with Crippen LogP contribution in [0.25, 0.3) is 0 Å². The highest BCUT2D eigenvalue weighted by atomic mass is 79.9. The number of carbonyl (C=O) groups is 1. The molecular formula is C16H16BrNO. The molecule has 0 amide bonds. The van der Waals surface area contributed by atoms with Crippen molar-refractivity contribution >= 4 is 27.9 Å². The van der Waals surface area contributed by atoms with Gasteiger partial charge in [-0.2, -0.15) is 0 Å². The van der Waals surface area contributed by atoms with Crippen molar-refractivity contribution in [3.63, 3.8) is 0 Å². The fourth-order valence-electron chi connectivity index (χ4n) is 2.10. The largest absolute Gasteiger partial charge is 0.370 e. The monoisotopic (exact) mass is 317 g/mol. The molecule has 0 aliphatic rings. The number of aryl methyl sites for hydroxylation is 1. The molecule has 0 aliphatic carbocycles. The quantitative estimate of drug-likeness (QED) is 0.787. The molecule has 0 radical (unpaired) electrons. The molecule has 0 bridgehead atoms. The van der Waals surface area contributed by atoms with Gasteiger partial charge in [-0.1, -0.05) is 40.2 Å². The topological polar surface area (TPSA) is 20.3 Å². The van der Waals surface area contributed by atoms with Gasteiger partial charge in [-0.25, -0.2) is 0 Å². The predicted octanol–water partition coefficient (Wildman–Crippen LogP) is 4.21. The summed E-state index contributed by atoms with van der Waals surface area (Å²) in [5, 5.41) is 0. The molecule has 0 heterocycles. The van der Waals surface area contributed by atoms with Crippen molar-refractivity contribution in [2.45, 2.75) is 13.5 Å². The third-order valence-electron chi connectivity index (χ3n) is 3.20. The maximum absolute atomic E-state index is 11.2. The SMILES string of the molecule is Cc1ccccc1CN(C)c1ccc(Br)cc1C=O. The molecule has 2 rings (SSSR count). The van der Waals surface area contributed by atoms with Gasteiger partial charge in [0.25, 0.3) is 0 Å². The molecule has 0 saturated carbocycles. The second-order valence-electron chi connectivity index (χ2n) is 4.60. The summed E-state index contributed by atoms with van der Waals surface area (Å²) in [7, 11) is 2.00. The van der Waals surface area contributed by atoms with E-state index in [1.54, 1.807) is 0 Å². The van der Waals surface area contributed by atoms with E-state index >= 15 is 0 Å². The van der Waals surface area contributed by atoms with E-state index in [-0.39, 0.29) is 0 Å². The standard InChI is InChI=1S/C16H16BrNO/c1-12-5-3-4-6-13(12)10-18(2)16-8-7-15(17)9-14(16)11-19/h3-9,11H,10H2,1-2H3. The van der Waals surface area contributed by atoms with Crippen LogP contribution in [0.5, 0.6) is 0 Å². The van der Waals surface area contributed by atoms with Gasteiger partial charge in [0.05, 0.1) is 0 Å². The zero-order valence-electron chi connectivity index (χ0n) is 11.1. The van der Waals surface area contributed by atoms with Gasteiger partial charge < -0.3 is 4.90 Å². The number of aldehydes is 1. The number of carbonyl (C=O) groups excluding carboxylic acids is 1. The highest BCUT2D eigenvalue weighted by Crippen LogP contribution is 2.24. The average molecular weight is 318 g/mol. The van der Waals surface area contributed by atoms with E-state index in [1.807, 2.05) is 37.4 Å². The smallest absolute Gasteiger partial charge is 0.152 e. The van der Waals surface area contributed by atoms with E-state index in [0.717, 1.165) is 23.0 Å². The number of hydrogen-bond donors (Lipinski definition) is 0. The zero-order valence-corrected chi connectivity index (χ0v) is 12.6. The Balaban J connectivity index is 2.28. The van der Waals surface area contributed by atoms with Crippen LogP contribution in [0.1, 0.15) is 21.5 Å². The third-order valence-corrected chi connectivity index (χ3v) is 3.69. The van der Waals surface area contributed by atoms with Crippen LogP contribution in [0.15, 0.2) is 46.9 Å². The van der Waals surface area contributed by atoms with Gasteiger partial charge in [0.2, 0.25) is 0 Å². The van der Waals surface area contributed by atoms with Crippen molar-refractivity contribution in [2.24, 2.45) is 0 Å². The molecule has 3 heteroatoms. The first-order valence-corrected chi connectivity index (χ1v) is 6.91. The van der Waals surface area contributed by atoms with Gasteiger partial charge in [-0.15, -0.1) is 0 Å². The van der Waals surface area contributed by atoms with Crippen LogP contribution in [0.2, 0.25) is 0 Å². The normalized spacial score (nSPS) is 10.3. The number of benzene rings is 2. The molecule has 0 N–H and O–H groups in total. The summed E-state index contributed by atoms with van der Waals surface area (Å²) in [6.07, 6.45) is 0.897. The lowest BCUT2D eigenvalue weighted by Gasteiger charge is -2.22. The highest BCUT2D eigenvalue weighted by molar-refractivity contribution is 9.10. The van der Waals surface area contributed by atoms with Crippen LogP contribution in [0.4, 0.5) is 5.69 Å². The molecule has 0 atom stereocenters. The van der Waals surface area contributed by atoms with Crippen LogP contribution in [-0.4, -0.2) is 13.3 Å². The van der Waals surface area contributed by atoms with Gasteiger partial charge in [0.15, 0.2) is 6.29 Å². The van der Waals surface area contributed by atoms with Crippen molar-refractivity contribution in [3.05, 3.63) is 63.6 Å². The zero-order chi connectivity index (χ0) is 13.8. The fourth-order valence-corrected chi connectivity index (χ4v) is 2.47. The Labute approximate surface area is 122 Å². The average Bonchev–Trinajstić information content (AvgIpc) is 2.41. The Morgan fingerprint density at radius 1 is 1.21 bits per heavy atom. The molecule has 98 valence electrons. The Bertz CT molecular complexity index is 595. The van der Waals surface area contributed by atoms with Crippen molar-refractivity contribution in [1.29, 1.82) is 0 Å². The number of nitrogens with zero attached hydrogens (tertiary/aromatic N) is 1. The minimum atomic E-state index is 0.699. The molecule has 19 heavy (non-hydrogen) atoms. The Morgan fingerprint density at radius 2 is 1.95 bits per heavy atom. The number of hydrogen-bond acceptors (Lipinski definition) is 2. The molecular weight excluding hydrogens is 302 g/mol. The summed E-state index contributed by atoms with van der Waals surface area (Å²) in [5.74, 6) is 0. The summed E-state index contributed by atoms with van der Waals surface area (Å²) in [6.45, 7) is 2.89. The van der Waals surface area contributed by atoms with Crippen molar-refractivity contribution in [3.8, 4) is 0 Å². The van der Waals surface area contributed by atoms with Gasteiger partial charge >= 0.3 is 0 Å². The minimum absolute atomic E-state index is 0.699. The third kappa shape index (κ3) is 3.24. The molecule has 0 fully saturated rings. The van der Waals surface area contributed by atoms with Crippen molar-refractivity contribution in [1.82, 2.24) is 0 Å². The first-order chi connectivity index (χ1) is 9.11. The highest BCUT2D eigenvalue weighted by Gasteiger charge is 2.09. The molecule has 0 spiro atoms. The summed E-state index contributed by atoms with van der Waals surface area (Å²) in [6, 6.07) is 14.1. The molecule has 0 saturated heterocycles. The van der Waals surface area contributed by atoms with E-state index in [2.05, 4.69) is 39.9 Å². The molecule has 0 aliphatic heterocycles. The summed E-state index contributed by atoms with van der Waals surface area (Å²) < 4.78 is 0.919. The van der Waals surface area contributed by atoms with Gasteiger partial charge in [-0.3, -0.25) is 4.79 Å². The van der Waals surface area contributed by atoms with Crippen LogP contribution in [0.3, 0.4) is 0 Å². The van der Waals surface area contributed by atoms with Crippen LogP contribution in [0, 0.1) is 6.92 Å². The molecule has 2 nitrogen and oxygen atoms in total. The number of halogens is 1. The first kappa shape index (κ1) is 13.8. The van der Waals surface area contributed by atoms with Crippen molar-refractivity contribution < 1.29 is 4.79 Å². The van der Waals surface area contributed by atoms with Crippen LogP contribution < -0.4 is 4.90 Å². The summed E-state index contributed by atoms with van der Waals surface area (Å²) >= 11 is 3.39. The Morgan fingerprint density at radius 3 is 2.63 bits per heavy atom. The van der Waals surface area contributed by atoms with Crippen LogP contribution >= 0.6 is 15.9 Å². The Hall–Kier alpha value is -1.61. The molecule has 2 aromatic carbocycles. The molecule has 2 aromatic rings. The second kappa shape index (κ2) is 6.02. The van der Waals surface area contributed by atoms with Gasteiger partial charge in [0, 0.05) is 29.3 Å². The number of rotatable bonds is 4. The predicted molar refractivity (Wildman–Crippen MR) is 82.8 cm³/mol. The summed E-state index contributed by atoms with van der Waals surface area (Å²) in [4.78, 5) is 13.3. The van der Waals surface area contributed by atoms with E-state index in [0.29, 0.717) is 5.56 Å². The second-order valence-corrected chi connectivity index (χ2v) is 5.52. The molecule has 0 aromatic heterocycles. The minimum Gasteiger partial charge on any atom is -0.370 e. The van der Waals surface area contributed by atoms with Gasteiger partial charge in [0.1, 0.15) is 0 Å². The van der Waals surface area contributed by atoms with E-state index in [4.69, 9.17) is 0 Å².